The first-order valence-corrected chi connectivity index (χ1v) is 11.6. The molecule has 1 unspecified atom stereocenters. The Labute approximate surface area is 194 Å². The molecule has 0 aliphatic rings. The van der Waals surface area contributed by atoms with Gasteiger partial charge in [-0.3, -0.25) is 0 Å². The first-order chi connectivity index (χ1) is 16.3. The van der Waals surface area contributed by atoms with Crippen LogP contribution in [0.3, 0.4) is 0 Å². The van der Waals surface area contributed by atoms with Crippen LogP contribution in [0.1, 0.15) is 6.92 Å². The molecule has 0 aliphatic heterocycles. The lowest BCUT2D eigenvalue weighted by Crippen LogP contribution is -2.29. The highest BCUT2D eigenvalue weighted by molar-refractivity contribution is 6.07. The molecule has 1 atom stereocenters. The fourth-order valence-electron chi connectivity index (χ4n) is 4.27. The summed E-state index contributed by atoms with van der Waals surface area (Å²) in [6.45, 7) is 5.53. The number of rotatable bonds is 9. The van der Waals surface area contributed by atoms with Gasteiger partial charge in [-0.25, -0.2) is 4.98 Å². The van der Waals surface area contributed by atoms with Crippen molar-refractivity contribution >= 4 is 38.3 Å². The molecule has 0 radical (unpaired) electrons. The van der Waals surface area contributed by atoms with Gasteiger partial charge < -0.3 is 15.4 Å². The predicted molar refractivity (Wildman–Crippen MR) is 139 cm³/mol. The molecule has 1 aromatic heterocycles. The molecule has 33 heavy (non-hydrogen) atoms. The topological polar surface area (TPSA) is 46.2 Å². The summed E-state index contributed by atoms with van der Waals surface area (Å²) in [4.78, 5) is 4.80. The number of pyridine rings is 1. The smallest absolute Gasteiger partial charge is 0.127 e. The highest BCUT2D eigenvalue weighted by Gasteiger charge is 2.09. The van der Waals surface area contributed by atoms with Crippen molar-refractivity contribution in [1.29, 1.82) is 0 Å². The number of anilines is 1. The Balaban J connectivity index is 1.15. The van der Waals surface area contributed by atoms with Crippen LogP contribution in [0.5, 0.6) is 5.75 Å². The maximum Gasteiger partial charge on any atom is 0.127 e. The Hall–Kier alpha value is -3.63. The van der Waals surface area contributed by atoms with Crippen molar-refractivity contribution in [3.05, 3.63) is 91.0 Å². The van der Waals surface area contributed by atoms with E-state index in [9.17, 15) is 0 Å². The van der Waals surface area contributed by atoms with Crippen LogP contribution in [-0.4, -0.2) is 31.2 Å². The van der Waals surface area contributed by atoms with E-state index in [1.54, 1.807) is 0 Å². The molecule has 0 amide bonds. The molecule has 4 nitrogen and oxygen atoms in total. The zero-order valence-electron chi connectivity index (χ0n) is 18.9. The van der Waals surface area contributed by atoms with E-state index in [4.69, 9.17) is 9.72 Å². The van der Waals surface area contributed by atoms with Crippen molar-refractivity contribution in [1.82, 2.24) is 10.3 Å². The second-order valence-electron chi connectivity index (χ2n) is 8.55. The Morgan fingerprint density at radius 3 is 2.12 bits per heavy atom. The fraction of sp³-hybridized carbons (Fsp3) is 0.207. The lowest BCUT2D eigenvalue weighted by atomic mass is 10.1. The zero-order chi connectivity index (χ0) is 22.5. The molecule has 4 heteroatoms. The van der Waals surface area contributed by atoms with E-state index < -0.39 is 0 Å². The number of hydrogen-bond acceptors (Lipinski definition) is 4. The summed E-state index contributed by atoms with van der Waals surface area (Å²) in [7, 11) is 0. The summed E-state index contributed by atoms with van der Waals surface area (Å²) in [5, 5.41) is 11.9. The van der Waals surface area contributed by atoms with E-state index in [-0.39, 0.29) is 0 Å². The van der Waals surface area contributed by atoms with Crippen LogP contribution in [0, 0.1) is 5.92 Å². The number of benzene rings is 4. The van der Waals surface area contributed by atoms with Crippen molar-refractivity contribution < 1.29 is 4.74 Å². The fourth-order valence-corrected chi connectivity index (χ4v) is 4.27. The lowest BCUT2D eigenvalue weighted by Gasteiger charge is -2.16. The van der Waals surface area contributed by atoms with Crippen LogP contribution in [0.2, 0.25) is 0 Å². The molecular weight excluding hydrogens is 406 g/mol. The number of fused-ring (bicyclic) bond motifs is 3. The number of nitrogens with zero attached hydrogens (tertiary/aromatic N) is 1. The minimum absolute atomic E-state index is 0.409. The first-order valence-electron chi connectivity index (χ1n) is 11.6. The standard InChI is InChI=1S/C29H29N3O/c1-21(20-33-28-16-8-10-22-9-2-3-11-23(22)28)19-30-17-18-31-29-24-12-4-6-14-26(24)32-27-15-7-5-13-25(27)29/h2-16,21,30H,17-20H2,1H3,(H,31,32). The molecule has 5 rings (SSSR count). The Kier molecular flexibility index (Phi) is 6.36. The predicted octanol–water partition coefficient (Wildman–Crippen LogP) is 6.26. The number of para-hydroxylation sites is 2. The van der Waals surface area contributed by atoms with Crippen LogP contribution < -0.4 is 15.4 Å². The van der Waals surface area contributed by atoms with Gasteiger partial charge in [0.15, 0.2) is 0 Å². The first kappa shape index (κ1) is 21.2. The molecule has 0 fully saturated rings. The maximum atomic E-state index is 6.14. The molecule has 0 saturated heterocycles. The molecule has 4 aromatic carbocycles. The Bertz CT molecular complexity index is 1320. The van der Waals surface area contributed by atoms with E-state index >= 15 is 0 Å². The SMILES string of the molecule is CC(CNCCNc1c2ccccc2nc2ccccc12)COc1cccc2ccccc12. The van der Waals surface area contributed by atoms with Crippen LogP contribution in [0.15, 0.2) is 91.0 Å². The third-order valence-corrected chi connectivity index (χ3v) is 5.96. The van der Waals surface area contributed by atoms with E-state index in [0.717, 1.165) is 52.9 Å². The molecule has 5 aromatic rings. The van der Waals surface area contributed by atoms with E-state index in [1.165, 1.54) is 10.8 Å². The monoisotopic (exact) mass is 435 g/mol. The van der Waals surface area contributed by atoms with Crippen molar-refractivity contribution in [2.75, 3.05) is 31.6 Å². The summed E-state index contributed by atoms with van der Waals surface area (Å²) in [6, 6.07) is 31.2. The van der Waals surface area contributed by atoms with Gasteiger partial charge in [0.05, 0.1) is 23.3 Å². The third kappa shape index (κ3) is 4.76. The lowest BCUT2D eigenvalue weighted by molar-refractivity contribution is 0.259. The molecule has 1 heterocycles. The van der Waals surface area contributed by atoms with E-state index in [0.29, 0.717) is 12.5 Å². The van der Waals surface area contributed by atoms with Gasteiger partial charge in [0.2, 0.25) is 0 Å². The number of ether oxygens (including phenoxy) is 1. The minimum atomic E-state index is 0.409. The molecule has 0 aliphatic carbocycles. The summed E-state index contributed by atoms with van der Waals surface area (Å²) < 4.78 is 6.14. The normalized spacial score (nSPS) is 12.3. The van der Waals surface area contributed by atoms with Gasteiger partial charge >= 0.3 is 0 Å². The quantitative estimate of drug-likeness (QED) is 0.212. The van der Waals surface area contributed by atoms with E-state index in [2.05, 4.69) is 96.4 Å². The highest BCUT2D eigenvalue weighted by Crippen LogP contribution is 2.30. The maximum absolute atomic E-state index is 6.14. The van der Waals surface area contributed by atoms with Gasteiger partial charge in [0.25, 0.3) is 0 Å². The number of aromatic nitrogens is 1. The molecular formula is C29H29N3O. The second kappa shape index (κ2) is 9.88. The minimum Gasteiger partial charge on any atom is -0.493 e. The Morgan fingerprint density at radius 2 is 1.36 bits per heavy atom. The van der Waals surface area contributed by atoms with Crippen molar-refractivity contribution in [2.24, 2.45) is 5.92 Å². The molecule has 2 N–H and O–H groups in total. The van der Waals surface area contributed by atoms with E-state index in [1.807, 2.05) is 12.1 Å². The third-order valence-electron chi connectivity index (χ3n) is 5.96. The zero-order valence-corrected chi connectivity index (χ0v) is 18.9. The molecule has 0 saturated carbocycles. The van der Waals surface area contributed by atoms with Crippen molar-refractivity contribution in [2.45, 2.75) is 6.92 Å². The molecule has 0 bridgehead atoms. The van der Waals surface area contributed by atoms with Gasteiger partial charge in [-0.2, -0.15) is 0 Å². The molecule has 166 valence electrons. The Morgan fingerprint density at radius 1 is 0.727 bits per heavy atom. The van der Waals surface area contributed by atoms with Crippen molar-refractivity contribution in [3.63, 3.8) is 0 Å². The van der Waals surface area contributed by atoms with Crippen LogP contribution in [0.4, 0.5) is 5.69 Å². The number of nitrogens with one attached hydrogen (secondary N) is 2. The van der Waals surface area contributed by atoms with Gasteiger partial charge in [-0.05, 0) is 23.6 Å². The highest BCUT2D eigenvalue weighted by atomic mass is 16.5. The largest absolute Gasteiger partial charge is 0.493 e. The van der Waals surface area contributed by atoms with Crippen LogP contribution >= 0.6 is 0 Å². The van der Waals surface area contributed by atoms with Gasteiger partial charge in [-0.1, -0.05) is 79.7 Å². The second-order valence-corrected chi connectivity index (χ2v) is 8.55. The summed E-state index contributed by atoms with van der Waals surface area (Å²) in [5.74, 6) is 1.37. The summed E-state index contributed by atoms with van der Waals surface area (Å²) >= 11 is 0. The van der Waals surface area contributed by atoms with Gasteiger partial charge in [0.1, 0.15) is 5.75 Å². The van der Waals surface area contributed by atoms with Crippen molar-refractivity contribution in [3.8, 4) is 5.75 Å². The average Bonchev–Trinajstić information content (AvgIpc) is 2.86. The summed E-state index contributed by atoms with van der Waals surface area (Å²) in [5.41, 5.74) is 3.20. The van der Waals surface area contributed by atoms with Crippen LogP contribution in [0.25, 0.3) is 32.6 Å². The molecule has 0 spiro atoms. The van der Waals surface area contributed by atoms with Gasteiger partial charge in [-0.15, -0.1) is 0 Å². The van der Waals surface area contributed by atoms with Gasteiger partial charge in [0, 0.05) is 41.7 Å². The number of hydrogen-bond donors (Lipinski definition) is 2. The average molecular weight is 436 g/mol. The van der Waals surface area contributed by atoms with Crippen LogP contribution in [-0.2, 0) is 0 Å². The summed E-state index contributed by atoms with van der Waals surface area (Å²) in [6.07, 6.45) is 0.